The fourth-order valence-corrected chi connectivity index (χ4v) is 8.26. The van der Waals surface area contributed by atoms with Gasteiger partial charge in [0, 0.05) is 6.92 Å². The molecule has 2 nitrogen and oxygen atoms in total. The lowest BCUT2D eigenvalue weighted by Crippen LogP contribution is -2.43. The molecule has 0 aliphatic rings. The van der Waals surface area contributed by atoms with Gasteiger partial charge in [0.1, 0.15) is 8.07 Å². The van der Waals surface area contributed by atoms with Crippen LogP contribution in [-0.2, 0) is 9.53 Å². The molecule has 0 aromatic rings. The number of rotatable bonds is 4. The first kappa shape index (κ1) is 17.2. The van der Waals surface area contributed by atoms with E-state index >= 15 is 0 Å². The zero-order valence-corrected chi connectivity index (χ0v) is 14.1. The van der Waals surface area contributed by atoms with Crippen LogP contribution in [0.2, 0.25) is 16.6 Å². The van der Waals surface area contributed by atoms with E-state index in [4.69, 9.17) is 4.74 Å². The molecule has 0 aliphatic heterocycles. The first-order chi connectivity index (χ1) is 8.14. The van der Waals surface area contributed by atoms with E-state index in [0.29, 0.717) is 16.6 Å². The SMILES string of the molecule is CC(=O)O[C@H](C)C#C[Si](C(C)C)(C(C)C)C(C)C. The van der Waals surface area contributed by atoms with Crippen LogP contribution in [-0.4, -0.2) is 20.1 Å². The van der Waals surface area contributed by atoms with Crippen LogP contribution in [0.25, 0.3) is 0 Å². The smallest absolute Gasteiger partial charge is 0.303 e. The van der Waals surface area contributed by atoms with Gasteiger partial charge in [-0.2, -0.15) is 0 Å². The van der Waals surface area contributed by atoms with E-state index in [1.165, 1.54) is 6.92 Å². The Morgan fingerprint density at radius 3 is 1.61 bits per heavy atom. The van der Waals surface area contributed by atoms with Gasteiger partial charge >= 0.3 is 5.97 Å². The van der Waals surface area contributed by atoms with E-state index in [0.717, 1.165) is 0 Å². The second-order valence-electron chi connectivity index (χ2n) is 5.92. The Balaban J connectivity index is 5.25. The Morgan fingerprint density at radius 1 is 0.944 bits per heavy atom. The molecule has 0 saturated heterocycles. The number of carbonyl (C=O) groups excluding carboxylic acids is 1. The largest absolute Gasteiger partial charge is 0.450 e. The Bertz CT molecular complexity index is 312. The Morgan fingerprint density at radius 2 is 1.33 bits per heavy atom. The maximum atomic E-state index is 10.9. The van der Waals surface area contributed by atoms with E-state index < -0.39 is 8.07 Å². The monoisotopic (exact) mass is 268 g/mol. The topological polar surface area (TPSA) is 26.3 Å². The molecule has 0 aromatic carbocycles. The van der Waals surface area contributed by atoms with Crippen molar-refractivity contribution in [1.82, 2.24) is 0 Å². The molecule has 0 unspecified atom stereocenters. The van der Waals surface area contributed by atoms with Crippen molar-refractivity contribution in [2.75, 3.05) is 0 Å². The fraction of sp³-hybridized carbons (Fsp3) is 0.800. The predicted octanol–water partition coefficient (Wildman–Crippen LogP) is 4.16. The van der Waals surface area contributed by atoms with Gasteiger partial charge in [0.25, 0.3) is 0 Å². The van der Waals surface area contributed by atoms with Gasteiger partial charge in [0.2, 0.25) is 0 Å². The minimum absolute atomic E-state index is 0.261. The van der Waals surface area contributed by atoms with Crippen molar-refractivity contribution in [3.8, 4) is 11.5 Å². The average Bonchev–Trinajstić information content (AvgIpc) is 2.15. The van der Waals surface area contributed by atoms with Gasteiger partial charge < -0.3 is 4.74 Å². The first-order valence-electron chi connectivity index (χ1n) is 6.84. The molecule has 0 radical (unpaired) electrons. The number of hydrogen-bond donors (Lipinski definition) is 0. The normalized spacial score (nSPS) is 13.5. The highest BCUT2D eigenvalue weighted by Gasteiger charge is 2.41. The van der Waals surface area contributed by atoms with Gasteiger partial charge in [0.15, 0.2) is 6.10 Å². The fourth-order valence-electron chi connectivity index (χ4n) is 2.94. The van der Waals surface area contributed by atoms with E-state index in [2.05, 4.69) is 53.0 Å². The quantitative estimate of drug-likeness (QED) is 0.435. The standard InChI is InChI=1S/C15H28O2Si/c1-11(2)18(12(3)4,13(5)6)10-9-14(7)17-15(8)16/h11-14H,1-8H3/t14-/m1/s1. The second kappa shape index (κ2) is 6.99. The lowest BCUT2D eigenvalue weighted by molar-refractivity contribution is -0.143. The van der Waals surface area contributed by atoms with Crippen LogP contribution in [0.5, 0.6) is 0 Å². The number of esters is 1. The van der Waals surface area contributed by atoms with Crippen molar-refractivity contribution in [1.29, 1.82) is 0 Å². The molecule has 18 heavy (non-hydrogen) atoms. The van der Waals surface area contributed by atoms with Crippen molar-refractivity contribution in [3.05, 3.63) is 0 Å². The molecule has 3 heteroatoms. The Hall–Kier alpha value is -0.753. The van der Waals surface area contributed by atoms with Crippen molar-refractivity contribution < 1.29 is 9.53 Å². The highest BCUT2D eigenvalue weighted by molar-refractivity contribution is 6.90. The van der Waals surface area contributed by atoms with E-state index in [1.54, 1.807) is 0 Å². The molecule has 1 atom stereocenters. The third kappa shape index (κ3) is 4.17. The Kier molecular flexibility index (Phi) is 6.70. The van der Waals surface area contributed by atoms with Crippen LogP contribution in [0.4, 0.5) is 0 Å². The molecular formula is C15H28O2Si. The lowest BCUT2D eigenvalue weighted by atomic mass is 10.4. The molecule has 0 bridgehead atoms. The molecule has 104 valence electrons. The van der Waals surface area contributed by atoms with Gasteiger partial charge in [0.05, 0.1) is 0 Å². The van der Waals surface area contributed by atoms with Gasteiger partial charge in [-0.25, -0.2) is 0 Å². The molecule has 0 spiro atoms. The second-order valence-corrected chi connectivity index (χ2v) is 11.5. The number of hydrogen-bond acceptors (Lipinski definition) is 2. The highest BCUT2D eigenvalue weighted by atomic mass is 28.3. The molecule has 0 amide bonds. The predicted molar refractivity (Wildman–Crippen MR) is 80.1 cm³/mol. The molecule has 0 aromatic heterocycles. The maximum Gasteiger partial charge on any atom is 0.303 e. The molecule has 0 saturated carbocycles. The summed E-state index contributed by atoms with van der Waals surface area (Å²) in [6.45, 7) is 16.9. The third-order valence-corrected chi connectivity index (χ3v) is 10.0. The molecule has 0 aliphatic carbocycles. The lowest BCUT2D eigenvalue weighted by Gasteiger charge is -2.38. The van der Waals surface area contributed by atoms with Gasteiger partial charge in [-0.3, -0.25) is 4.79 Å². The minimum atomic E-state index is -1.69. The van der Waals surface area contributed by atoms with Crippen LogP contribution in [0.3, 0.4) is 0 Å². The van der Waals surface area contributed by atoms with Gasteiger partial charge in [-0.05, 0) is 23.5 Å². The molecular weight excluding hydrogens is 240 g/mol. The maximum absolute atomic E-state index is 10.9. The summed E-state index contributed by atoms with van der Waals surface area (Å²) < 4.78 is 5.09. The van der Waals surface area contributed by atoms with Crippen molar-refractivity contribution in [2.45, 2.75) is 78.1 Å². The van der Waals surface area contributed by atoms with Gasteiger partial charge in [-0.15, -0.1) is 5.54 Å². The van der Waals surface area contributed by atoms with Crippen LogP contribution >= 0.6 is 0 Å². The molecule has 0 N–H and O–H groups in total. The average molecular weight is 268 g/mol. The van der Waals surface area contributed by atoms with Crippen molar-refractivity contribution in [2.24, 2.45) is 0 Å². The van der Waals surface area contributed by atoms with E-state index in [9.17, 15) is 4.79 Å². The van der Waals surface area contributed by atoms with Crippen molar-refractivity contribution in [3.63, 3.8) is 0 Å². The summed E-state index contributed by atoms with van der Waals surface area (Å²) in [7, 11) is -1.69. The van der Waals surface area contributed by atoms with E-state index in [1.807, 2.05) is 6.92 Å². The first-order valence-corrected chi connectivity index (χ1v) is 9.07. The van der Waals surface area contributed by atoms with E-state index in [-0.39, 0.29) is 12.1 Å². The third-order valence-electron chi connectivity index (χ3n) is 3.70. The zero-order valence-electron chi connectivity index (χ0n) is 13.1. The Labute approximate surface area is 114 Å². The van der Waals surface area contributed by atoms with Gasteiger partial charge in [-0.1, -0.05) is 47.5 Å². The summed E-state index contributed by atoms with van der Waals surface area (Å²) in [6.07, 6.45) is -0.300. The summed E-state index contributed by atoms with van der Waals surface area (Å²) >= 11 is 0. The molecule has 0 rings (SSSR count). The number of carbonyl (C=O) groups is 1. The highest BCUT2D eigenvalue weighted by Crippen LogP contribution is 2.40. The molecule has 0 fully saturated rings. The minimum Gasteiger partial charge on any atom is -0.450 e. The van der Waals surface area contributed by atoms with Crippen LogP contribution in [0, 0.1) is 11.5 Å². The summed E-state index contributed by atoms with van der Waals surface area (Å²) in [6, 6.07) is 0. The summed E-state index contributed by atoms with van der Waals surface area (Å²) in [5.74, 6) is 2.91. The zero-order chi connectivity index (χ0) is 14.5. The summed E-state index contributed by atoms with van der Waals surface area (Å²) in [5, 5.41) is 0. The van der Waals surface area contributed by atoms with Crippen LogP contribution in [0.15, 0.2) is 0 Å². The summed E-state index contributed by atoms with van der Waals surface area (Å²) in [5.41, 5.74) is 5.37. The number of ether oxygens (including phenoxy) is 1. The van der Waals surface area contributed by atoms with Crippen LogP contribution in [0.1, 0.15) is 55.4 Å². The van der Waals surface area contributed by atoms with Crippen LogP contribution < -0.4 is 0 Å². The molecule has 0 heterocycles. The summed E-state index contributed by atoms with van der Waals surface area (Å²) in [4.78, 5) is 10.9. The van der Waals surface area contributed by atoms with Crippen molar-refractivity contribution >= 4 is 14.0 Å².